The highest BCUT2D eigenvalue weighted by molar-refractivity contribution is 7.92. The number of aromatic nitrogens is 2. The number of thiazole rings is 2. The van der Waals surface area contributed by atoms with Gasteiger partial charge in [-0.15, -0.1) is 22.7 Å². The highest BCUT2D eigenvalue weighted by atomic mass is 32.2. The highest BCUT2D eigenvalue weighted by Crippen LogP contribution is 2.33. The number of rotatable bonds is 5. The first kappa shape index (κ1) is 21.9. The van der Waals surface area contributed by atoms with Crippen LogP contribution in [0, 0.1) is 0 Å². The zero-order valence-corrected chi connectivity index (χ0v) is 20.7. The summed E-state index contributed by atoms with van der Waals surface area (Å²) in [5.41, 5.74) is 3.70. The van der Waals surface area contributed by atoms with Gasteiger partial charge in [-0.3, -0.25) is 14.4 Å². The fourth-order valence-corrected chi connectivity index (χ4v) is 7.24. The molecule has 35 heavy (non-hydrogen) atoms. The molecule has 7 nitrogen and oxygen atoms in total. The number of anilines is 2. The Morgan fingerprint density at radius 1 is 0.943 bits per heavy atom. The van der Waals surface area contributed by atoms with Crippen molar-refractivity contribution in [3.63, 3.8) is 0 Å². The molecule has 0 spiro atoms. The van der Waals surface area contributed by atoms with E-state index in [-0.39, 0.29) is 10.8 Å². The molecular formula is C25H18N4O3S3. The van der Waals surface area contributed by atoms with E-state index in [1.54, 1.807) is 11.3 Å². The molecule has 6 rings (SSSR count). The molecule has 0 atom stereocenters. The van der Waals surface area contributed by atoms with Crippen molar-refractivity contribution in [2.45, 2.75) is 11.3 Å². The van der Waals surface area contributed by atoms with Crippen molar-refractivity contribution in [3.8, 4) is 10.7 Å². The summed E-state index contributed by atoms with van der Waals surface area (Å²) in [6, 6.07) is 21.4. The first-order chi connectivity index (χ1) is 17.0. The van der Waals surface area contributed by atoms with E-state index >= 15 is 0 Å². The molecule has 5 aromatic rings. The van der Waals surface area contributed by atoms with Gasteiger partial charge in [0.15, 0.2) is 5.13 Å². The number of para-hydroxylation sites is 2. The Bertz CT molecular complexity index is 1640. The Morgan fingerprint density at radius 2 is 1.71 bits per heavy atom. The second kappa shape index (κ2) is 8.56. The van der Waals surface area contributed by atoms with Gasteiger partial charge in [-0.1, -0.05) is 30.3 Å². The molecule has 1 aliphatic heterocycles. The maximum atomic E-state index is 13.2. The lowest BCUT2D eigenvalue weighted by atomic mass is 10.2. The Kier molecular flexibility index (Phi) is 5.36. The number of sulfonamides is 1. The Morgan fingerprint density at radius 3 is 2.54 bits per heavy atom. The van der Waals surface area contributed by atoms with Crippen molar-refractivity contribution in [1.29, 1.82) is 0 Å². The monoisotopic (exact) mass is 518 g/mol. The number of carbonyl (C=O) groups excluding carboxylic acids is 1. The molecule has 3 aromatic carbocycles. The molecule has 0 bridgehead atoms. The van der Waals surface area contributed by atoms with Crippen LogP contribution in [0.25, 0.3) is 20.9 Å². The summed E-state index contributed by atoms with van der Waals surface area (Å²) in [7, 11) is -3.71. The van der Waals surface area contributed by atoms with E-state index in [0.29, 0.717) is 35.0 Å². The van der Waals surface area contributed by atoms with Crippen molar-refractivity contribution in [1.82, 2.24) is 9.97 Å². The SMILES string of the molecule is O=C(Nc1nc(-c2nc3ccccc3s2)cs1)c1ccc(S(=O)(=O)N2CCc3ccccc32)cc1. The van der Waals surface area contributed by atoms with Crippen LogP contribution in [0.1, 0.15) is 15.9 Å². The van der Waals surface area contributed by atoms with Crippen molar-refractivity contribution >= 4 is 59.6 Å². The van der Waals surface area contributed by atoms with Crippen LogP contribution in [-0.2, 0) is 16.4 Å². The third kappa shape index (κ3) is 3.99. The second-order valence-electron chi connectivity index (χ2n) is 7.96. The fourth-order valence-electron chi connectivity index (χ4n) is 4.04. The largest absolute Gasteiger partial charge is 0.298 e. The van der Waals surface area contributed by atoms with Crippen LogP contribution in [0.5, 0.6) is 0 Å². The molecule has 3 heterocycles. The summed E-state index contributed by atoms with van der Waals surface area (Å²) >= 11 is 2.86. The minimum Gasteiger partial charge on any atom is -0.298 e. The number of amides is 1. The average molecular weight is 519 g/mol. The van der Waals surface area contributed by atoms with E-state index in [0.717, 1.165) is 20.8 Å². The fraction of sp³-hybridized carbons (Fsp3) is 0.0800. The predicted octanol–water partition coefficient (Wildman–Crippen LogP) is 5.42. The van der Waals surface area contributed by atoms with E-state index in [2.05, 4.69) is 15.3 Å². The molecule has 1 amide bonds. The average Bonchev–Trinajstić information content (AvgIpc) is 3.62. The minimum absolute atomic E-state index is 0.151. The van der Waals surface area contributed by atoms with Gasteiger partial charge in [-0.2, -0.15) is 0 Å². The van der Waals surface area contributed by atoms with Gasteiger partial charge in [-0.05, 0) is 54.4 Å². The number of nitrogens with one attached hydrogen (secondary N) is 1. The van der Waals surface area contributed by atoms with E-state index in [1.807, 2.05) is 53.9 Å². The minimum atomic E-state index is -3.71. The number of fused-ring (bicyclic) bond motifs is 2. The van der Waals surface area contributed by atoms with Crippen molar-refractivity contribution in [2.75, 3.05) is 16.2 Å². The summed E-state index contributed by atoms with van der Waals surface area (Å²) in [4.78, 5) is 22.0. The number of hydrogen-bond donors (Lipinski definition) is 1. The van der Waals surface area contributed by atoms with Gasteiger partial charge >= 0.3 is 0 Å². The van der Waals surface area contributed by atoms with Crippen molar-refractivity contribution < 1.29 is 13.2 Å². The highest BCUT2D eigenvalue weighted by Gasteiger charge is 2.30. The Labute approximate surface area is 209 Å². The lowest BCUT2D eigenvalue weighted by Crippen LogP contribution is -2.29. The predicted molar refractivity (Wildman–Crippen MR) is 140 cm³/mol. The van der Waals surface area contributed by atoms with Crippen LogP contribution >= 0.6 is 22.7 Å². The Hall–Kier alpha value is -3.60. The van der Waals surface area contributed by atoms with E-state index in [4.69, 9.17) is 0 Å². The molecule has 0 unspecified atom stereocenters. The summed E-state index contributed by atoms with van der Waals surface area (Å²) in [6.07, 6.45) is 0.683. The summed E-state index contributed by atoms with van der Waals surface area (Å²) < 4.78 is 28.9. The quantitative estimate of drug-likeness (QED) is 0.335. The lowest BCUT2D eigenvalue weighted by molar-refractivity contribution is 0.102. The zero-order chi connectivity index (χ0) is 24.0. The molecule has 0 saturated carbocycles. The molecular weight excluding hydrogens is 501 g/mol. The van der Waals surface area contributed by atoms with Crippen LogP contribution in [0.3, 0.4) is 0 Å². The van der Waals surface area contributed by atoms with Gasteiger partial charge in [0, 0.05) is 17.5 Å². The smallest absolute Gasteiger partial charge is 0.264 e. The van der Waals surface area contributed by atoms with Gasteiger partial charge in [-0.25, -0.2) is 18.4 Å². The molecule has 2 aromatic heterocycles. The number of carbonyl (C=O) groups is 1. The molecule has 0 saturated heterocycles. The van der Waals surface area contributed by atoms with E-state index in [1.165, 1.54) is 39.9 Å². The molecule has 1 N–H and O–H groups in total. The number of benzene rings is 3. The maximum Gasteiger partial charge on any atom is 0.264 e. The standard InChI is InChI=1S/C25H18N4O3S3/c30-23(28-25-27-20(15-33-25)24-26-19-6-2-4-8-22(19)34-24)17-9-11-18(12-10-17)35(31,32)29-14-13-16-5-1-3-7-21(16)29/h1-12,15H,13-14H2,(H,27,28,30). The zero-order valence-electron chi connectivity index (χ0n) is 18.2. The van der Waals surface area contributed by atoms with Crippen molar-refractivity contribution in [3.05, 3.63) is 89.3 Å². The van der Waals surface area contributed by atoms with Gasteiger partial charge < -0.3 is 0 Å². The van der Waals surface area contributed by atoms with Gasteiger partial charge in [0.1, 0.15) is 10.7 Å². The van der Waals surface area contributed by atoms with Crippen molar-refractivity contribution in [2.24, 2.45) is 0 Å². The third-order valence-corrected chi connectivity index (χ3v) is 9.43. The number of hydrogen-bond acceptors (Lipinski definition) is 7. The molecule has 0 radical (unpaired) electrons. The van der Waals surface area contributed by atoms with Gasteiger partial charge in [0.05, 0.1) is 20.8 Å². The third-order valence-electron chi connectivity index (χ3n) is 5.79. The van der Waals surface area contributed by atoms with Crippen LogP contribution in [0.15, 0.2) is 83.1 Å². The second-order valence-corrected chi connectivity index (χ2v) is 11.7. The first-order valence-electron chi connectivity index (χ1n) is 10.8. The van der Waals surface area contributed by atoms with Crippen LogP contribution < -0.4 is 9.62 Å². The maximum absolute atomic E-state index is 13.2. The van der Waals surface area contributed by atoms with E-state index < -0.39 is 10.0 Å². The summed E-state index contributed by atoms with van der Waals surface area (Å²) in [6.45, 7) is 0.408. The molecule has 0 aliphatic carbocycles. The summed E-state index contributed by atoms with van der Waals surface area (Å²) in [5, 5.41) is 5.90. The molecule has 10 heteroatoms. The summed E-state index contributed by atoms with van der Waals surface area (Å²) in [5.74, 6) is -0.356. The van der Waals surface area contributed by atoms with Crippen LogP contribution in [-0.4, -0.2) is 30.8 Å². The van der Waals surface area contributed by atoms with Gasteiger partial charge in [0.2, 0.25) is 0 Å². The van der Waals surface area contributed by atoms with E-state index in [9.17, 15) is 13.2 Å². The lowest BCUT2D eigenvalue weighted by Gasteiger charge is -2.19. The topological polar surface area (TPSA) is 92.3 Å². The molecule has 1 aliphatic rings. The number of nitrogens with zero attached hydrogens (tertiary/aromatic N) is 3. The van der Waals surface area contributed by atoms with Gasteiger partial charge in [0.25, 0.3) is 15.9 Å². The first-order valence-corrected chi connectivity index (χ1v) is 14.0. The van der Waals surface area contributed by atoms with Crippen LogP contribution in [0.4, 0.5) is 10.8 Å². The van der Waals surface area contributed by atoms with Crippen LogP contribution in [0.2, 0.25) is 0 Å². The normalized spacial score (nSPS) is 13.2. The molecule has 174 valence electrons. The molecule has 0 fully saturated rings. The Balaban J connectivity index is 1.18.